The van der Waals surface area contributed by atoms with Gasteiger partial charge in [-0.15, -0.1) is 0 Å². The van der Waals surface area contributed by atoms with Crippen LogP contribution in [0, 0.1) is 28.8 Å². The fourth-order valence-electron chi connectivity index (χ4n) is 1.81. The quantitative estimate of drug-likeness (QED) is 0.209. The van der Waals surface area contributed by atoms with Crippen molar-refractivity contribution in [3.05, 3.63) is 40.9 Å². The standard InChI is InChI=1S/C12H14N3O2.Rb.Re.Rf/c1-10-9-14(7-6-13(10)2)11-4-3-5-12(8-11)15(16)17;;;/h3,6,8,10H,7,9H2,1-2H3;;;/q-3;+1;;. The average Bonchev–Trinajstić information content (AvgIpc) is 2.33. The summed E-state index contributed by atoms with van der Waals surface area (Å²) in [5, 5.41) is 10.7. The summed E-state index contributed by atoms with van der Waals surface area (Å²) in [7, 11) is 2.03. The maximum absolute atomic E-state index is 10.7. The van der Waals surface area contributed by atoms with Crippen molar-refractivity contribution in [1.29, 1.82) is 0 Å². The number of hydrogen-bond donors (Lipinski definition) is 0. The number of piperazine rings is 1. The molecule has 1 radical (unpaired) electrons. The minimum Gasteiger partial charge on any atom is -0.454 e. The number of nitro benzene ring substituents is 1. The number of nitrogens with zero attached hydrogens (tertiary/aromatic N) is 3. The monoisotopic (exact) mass is 771 g/mol. The van der Waals surface area contributed by atoms with E-state index in [0.717, 1.165) is 18.8 Å². The van der Waals surface area contributed by atoms with Gasteiger partial charge in [-0.25, -0.2) is 6.54 Å². The molecular weight excluding hydrogens is 757 g/mol. The minimum atomic E-state index is -0.430. The third kappa shape index (κ3) is 5.32. The van der Waals surface area contributed by atoms with E-state index in [4.69, 9.17) is 0 Å². The number of likely N-dealkylation sites (N-methyl/N-ethyl adjacent to an activating group) is 1. The molecule has 8 heteroatoms. The SMILES string of the molecule is CC1CN(c2[c-]c[c-]c([N+](=O)[O-])c2)C[CH-]N1C.[Rb+].[Re].[Rf]. The summed E-state index contributed by atoms with van der Waals surface area (Å²) in [6.45, 7) is 5.78. The van der Waals surface area contributed by atoms with E-state index in [2.05, 4.69) is 35.4 Å². The Hall–Kier alpha value is -0.152. The molecule has 1 fully saturated rings. The van der Waals surface area contributed by atoms with Gasteiger partial charge in [0.05, 0.1) is 5.69 Å². The first-order valence-electron chi connectivity index (χ1n) is 5.46. The molecule has 1 aromatic carbocycles. The van der Waals surface area contributed by atoms with Gasteiger partial charge in [0.2, 0.25) is 0 Å². The zero-order chi connectivity index (χ0) is 12.4. The molecule has 101 valence electrons. The van der Waals surface area contributed by atoms with Gasteiger partial charge in [-0.1, -0.05) is 13.5 Å². The molecule has 1 aromatic rings. The van der Waals surface area contributed by atoms with Crippen molar-refractivity contribution in [2.75, 3.05) is 25.0 Å². The Balaban J connectivity index is 0. The third-order valence-corrected chi connectivity index (χ3v) is 3.02. The molecule has 0 aliphatic carbocycles. The van der Waals surface area contributed by atoms with Crippen LogP contribution in [-0.2, 0) is 20.4 Å². The molecule has 1 aliphatic rings. The van der Waals surface area contributed by atoms with Crippen molar-refractivity contribution < 1.29 is 83.5 Å². The summed E-state index contributed by atoms with van der Waals surface area (Å²) >= 11 is 0. The molecule has 1 aliphatic heterocycles. The molecular formula is C12H14N3O2RbReRf-2. The van der Waals surface area contributed by atoms with Crippen molar-refractivity contribution in [3.63, 3.8) is 0 Å². The molecule has 0 N–H and O–H groups in total. The molecule has 2 rings (SSSR count). The van der Waals surface area contributed by atoms with Gasteiger partial charge < -0.3 is 21.9 Å². The Morgan fingerprint density at radius 1 is 1.50 bits per heavy atom. The van der Waals surface area contributed by atoms with Crippen LogP contribution >= 0.6 is 0 Å². The molecule has 0 spiro atoms. The maximum Gasteiger partial charge on any atom is 1.00 e. The Morgan fingerprint density at radius 2 is 2.15 bits per heavy atom. The second-order valence-electron chi connectivity index (χ2n) is 4.21. The smallest absolute Gasteiger partial charge is 0.454 e. The van der Waals surface area contributed by atoms with E-state index < -0.39 is 4.92 Å². The summed E-state index contributed by atoms with van der Waals surface area (Å²) < 4.78 is 0. The number of rotatable bonds is 2. The van der Waals surface area contributed by atoms with E-state index >= 15 is 0 Å². The van der Waals surface area contributed by atoms with Crippen molar-refractivity contribution in [2.24, 2.45) is 0 Å². The topological polar surface area (TPSA) is 49.6 Å². The molecule has 1 heterocycles. The zero-order valence-corrected chi connectivity index (χ0v) is 26.0. The fourth-order valence-corrected chi connectivity index (χ4v) is 1.81. The van der Waals surface area contributed by atoms with Crippen LogP contribution in [0.1, 0.15) is 6.92 Å². The number of hydrogen-bond acceptors (Lipinski definition) is 4. The van der Waals surface area contributed by atoms with Crippen LogP contribution in [0.25, 0.3) is 0 Å². The first-order valence-corrected chi connectivity index (χ1v) is 5.46. The Bertz CT molecular complexity index is 439. The Morgan fingerprint density at radius 3 is 2.70 bits per heavy atom. The van der Waals surface area contributed by atoms with Crippen molar-refractivity contribution >= 4 is 11.4 Å². The van der Waals surface area contributed by atoms with Gasteiger partial charge in [0, 0.05) is 31.9 Å². The largest absolute Gasteiger partial charge is 1.00 e. The van der Waals surface area contributed by atoms with Gasteiger partial charge in [-0.05, 0) is 13.1 Å². The molecule has 1 unspecified atom stereocenters. The third-order valence-electron chi connectivity index (χ3n) is 3.02. The van der Waals surface area contributed by atoms with Crippen LogP contribution in [0.15, 0.2) is 12.1 Å². The minimum absolute atomic E-state index is 0. The van der Waals surface area contributed by atoms with Gasteiger partial charge >= 0.3 is 58.2 Å². The first kappa shape index (κ1) is 22.1. The van der Waals surface area contributed by atoms with E-state index in [1.807, 2.05) is 7.05 Å². The Kier molecular flexibility index (Phi) is 10.8. The maximum atomic E-state index is 10.7. The van der Waals surface area contributed by atoms with Gasteiger partial charge in [0.1, 0.15) is 0 Å². The van der Waals surface area contributed by atoms with Crippen LogP contribution in [0.2, 0.25) is 0 Å². The fraction of sp³-hybridized carbons (Fsp3) is 0.417. The van der Waals surface area contributed by atoms with Crippen LogP contribution in [0.5, 0.6) is 0 Å². The van der Waals surface area contributed by atoms with Crippen molar-refractivity contribution in [1.82, 2.24) is 4.90 Å². The summed E-state index contributed by atoms with van der Waals surface area (Å²) in [4.78, 5) is 14.5. The van der Waals surface area contributed by atoms with Gasteiger partial charge in [-0.3, -0.25) is 16.2 Å². The van der Waals surface area contributed by atoms with Gasteiger partial charge in [0.15, 0.2) is 0 Å². The number of benzene rings is 1. The summed E-state index contributed by atoms with van der Waals surface area (Å²) in [6.07, 6.45) is 0. The predicted molar refractivity (Wildman–Crippen MR) is 64.5 cm³/mol. The zero-order valence-electron chi connectivity index (χ0n) is 12.0. The average molecular weight is 771 g/mol. The molecule has 0 bridgehead atoms. The van der Waals surface area contributed by atoms with E-state index in [0.29, 0.717) is 6.04 Å². The summed E-state index contributed by atoms with van der Waals surface area (Å²) in [5.74, 6) is 0. The van der Waals surface area contributed by atoms with E-state index in [9.17, 15) is 10.1 Å². The molecule has 5 nitrogen and oxygen atoms in total. The van der Waals surface area contributed by atoms with Crippen LogP contribution < -0.4 is 63.1 Å². The first-order chi connectivity index (χ1) is 8.08. The molecule has 1 saturated heterocycles. The molecule has 1 atom stereocenters. The predicted octanol–water partition coefficient (Wildman–Crippen LogP) is -1.50. The van der Waals surface area contributed by atoms with Gasteiger partial charge in [-0.2, -0.15) is 11.8 Å². The second kappa shape index (κ2) is 9.72. The van der Waals surface area contributed by atoms with Crippen LogP contribution in [0.3, 0.4) is 0 Å². The number of anilines is 1. The van der Waals surface area contributed by atoms with E-state index in [1.165, 1.54) is 12.1 Å². The van der Waals surface area contributed by atoms with Crippen LogP contribution in [0.4, 0.5) is 11.4 Å². The summed E-state index contributed by atoms with van der Waals surface area (Å²) in [6, 6.07) is 8.95. The Labute approximate surface area is 176 Å². The van der Waals surface area contributed by atoms with Crippen LogP contribution in [-0.4, -0.2) is 36.0 Å². The van der Waals surface area contributed by atoms with Crippen molar-refractivity contribution in [2.45, 2.75) is 13.0 Å². The second-order valence-corrected chi connectivity index (χ2v) is 4.21. The molecule has 20 heavy (non-hydrogen) atoms. The van der Waals surface area contributed by atoms with E-state index in [-0.39, 0.29) is 84.3 Å². The molecule has 0 aromatic heterocycles. The molecule has 0 saturated carbocycles. The van der Waals surface area contributed by atoms with E-state index in [1.54, 1.807) is 0 Å². The number of nitro groups is 1. The molecule has 0 amide bonds. The summed E-state index contributed by atoms with van der Waals surface area (Å²) in [5.41, 5.74) is 0.747. The number of non-ortho nitro benzene ring substituents is 1. The normalized spacial score (nSPS) is 18.3. The van der Waals surface area contributed by atoms with Crippen molar-refractivity contribution in [3.8, 4) is 0 Å². The van der Waals surface area contributed by atoms with Gasteiger partial charge in [0.25, 0.3) is 0 Å².